The number of aromatic nitrogens is 2. The molecule has 1 aliphatic rings. The van der Waals surface area contributed by atoms with Crippen LogP contribution in [0.2, 0.25) is 0 Å². The van der Waals surface area contributed by atoms with Gasteiger partial charge in [0.15, 0.2) is 0 Å². The van der Waals surface area contributed by atoms with Crippen LogP contribution in [0.25, 0.3) is 22.4 Å². The van der Waals surface area contributed by atoms with Crippen LogP contribution >= 0.6 is 0 Å². The summed E-state index contributed by atoms with van der Waals surface area (Å²) in [5.74, 6) is 0.382. The number of anilines is 1. The Morgan fingerprint density at radius 3 is 2.41 bits per heavy atom. The number of benzene rings is 3. The molecule has 1 saturated heterocycles. The number of nitrogens with zero attached hydrogens (tertiary/aromatic N) is 3. The second-order valence-electron chi connectivity index (χ2n) is 8.37. The van der Waals surface area contributed by atoms with Crippen molar-refractivity contribution in [3.05, 3.63) is 78.4 Å². The molecular formula is C25H25N5O3S. The number of hydrogen-bond acceptors (Lipinski definition) is 5. The zero-order valence-electron chi connectivity index (χ0n) is 18.7. The van der Waals surface area contributed by atoms with E-state index in [4.69, 9.17) is 0 Å². The van der Waals surface area contributed by atoms with E-state index in [2.05, 4.69) is 20.2 Å². The zero-order valence-corrected chi connectivity index (χ0v) is 19.5. The lowest BCUT2D eigenvalue weighted by Gasteiger charge is -2.31. The molecule has 0 aliphatic carbocycles. The predicted octanol–water partition coefficient (Wildman–Crippen LogP) is 3.42. The topological polar surface area (TPSA) is 98.4 Å². The molecule has 0 spiro atoms. The molecule has 9 heteroatoms. The number of rotatable bonds is 5. The number of nitrogens with one attached hydrogen (secondary N) is 2. The Bertz CT molecular complexity index is 1410. The number of piperazine rings is 1. The average molecular weight is 476 g/mol. The van der Waals surface area contributed by atoms with Gasteiger partial charge in [-0.3, -0.25) is 4.79 Å². The van der Waals surface area contributed by atoms with E-state index in [-0.39, 0.29) is 16.4 Å². The Balaban J connectivity index is 1.30. The molecule has 2 N–H and O–H groups in total. The van der Waals surface area contributed by atoms with Gasteiger partial charge in [-0.25, -0.2) is 13.4 Å². The summed E-state index contributed by atoms with van der Waals surface area (Å²) in [4.78, 5) is 22.9. The molecule has 0 bridgehead atoms. The van der Waals surface area contributed by atoms with Crippen molar-refractivity contribution in [1.82, 2.24) is 19.2 Å². The first-order valence-electron chi connectivity index (χ1n) is 11.1. The van der Waals surface area contributed by atoms with Crippen molar-refractivity contribution in [2.75, 3.05) is 38.5 Å². The maximum absolute atomic E-state index is 13.0. The van der Waals surface area contributed by atoms with E-state index < -0.39 is 10.0 Å². The number of sulfonamides is 1. The second-order valence-corrected chi connectivity index (χ2v) is 10.3. The minimum atomic E-state index is -3.65. The lowest BCUT2D eigenvalue weighted by molar-refractivity contribution is 0.102. The molecule has 2 heterocycles. The Morgan fingerprint density at radius 1 is 0.941 bits per heavy atom. The number of likely N-dealkylation sites (N-methyl/N-ethyl adjacent to an activating group) is 1. The molecule has 4 aromatic rings. The molecular weight excluding hydrogens is 450 g/mol. The highest BCUT2D eigenvalue weighted by Gasteiger charge is 2.28. The van der Waals surface area contributed by atoms with E-state index in [1.807, 2.05) is 43.4 Å². The van der Waals surface area contributed by atoms with Gasteiger partial charge in [0.1, 0.15) is 5.82 Å². The van der Waals surface area contributed by atoms with E-state index >= 15 is 0 Å². The summed E-state index contributed by atoms with van der Waals surface area (Å²) in [5, 5.41) is 2.84. The van der Waals surface area contributed by atoms with Gasteiger partial charge in [0.25, 0.3) is 5.91 Å². The second kappa shape index (κ2) is 9.02. The molecule has 0 radical (unpaired) electrons. The molecule has 1 amide bonds. The highest BCUT2D eigenvalue weighted by Crippen LogP contribution is 2.23. The number of carbonyl (C=O) groups excluding carboxylic acids is 1. The molecule has 174 valence electrons. The molecule has 8 nitrogen and oxygen atoms in total. The quantitative estimate of drug-likeness (QED) is 0.461. The van der Waals surface area contributed by atoms with Crippen molar-refractivity contribution in [1.29, 1.82) is 0 Å². The van der Waals surface area contributed by atoms with Crippen LogP contribution in [0, 0.1) is 0 Å². The minimum absolute atomic E-state index is 0.130. The summed E-state index contributed by atoms with van der Waals surface area (Å²) >= 11 is 0. The van der Waals surface area contributed by atoms with Crippen LogP contribution in [0.3, 0.4) is 0 Å². The van der Waals surface area contributed by atoms with Crippen LogP contribution in [-0.4, -0.2) is 66.7 Å². The van der Waals surface area contributed by atoms with Crippen molar-refractivity contribution < 1.29 is 13.2 Å². The van der Waals surface area contributed by atoms with Gasteiger partial charge >= 0.3 is 0 Å². The highest BCUT2D eigenvalue weighted by atomic mass is 32.2. The van der Waals surface area contributed by atoms with E-state index in [9.17, 15) is 13.2 Å². The Labute approximate surface area is 198 Å². The Morgan fingerprint density at radius 2 is 1.68 bits per heavy atom. The molecule has 0 saturated carbocycles. The van der Waals surface area contributed by atoms with Crippen LogP contribution in [0.1, 0.15) is 10.4 Å². The average Bonchev–Trinajstić information content (AvgIpc) is 3.29. The summed E-state index contributed by atoms with van der Waals surface area (Å²) < 4.78 is 27.5. The maximum atomic E-state index is 13.0. The van der Waals surface area contributed by atoms with E-state index in [1.54, 1.807) is 24.3 Å². The van der Waals surface area contributed by atoms with E-state index in [0.29, 0.717) is 31.9 Å². The number of aromatic amines is 1. The summed E-state index contributed by atoms with van der Waals surface area (Å²) in [6.07, 6.45) is 0. The SMILES string of the molecule is CN1CCN(S(=O)(=O)c2cccc(C(=O)Nc3ccc(-c4nc5ccccc5[nH]4)cc3)c2)CC1. The van der Waals surface area contributed by atoms with Gasteiger partial charge in [-0.05, 0) is 61.6 Å². The van der Waals surface area contributed by atoms with Crippen molar-refractivity contribution >= 4 is 32.7 Å². The van der Waals surface area contributed by atoms with Crippen LogP contribution in [0.15, 0.2) is 77.7 Å². The third-order valence-corrected chi connectivity index (χ3v) is 7.90. The van der Waals surface area contributed by atoms with Crippen LogP contribution in [0.5, 0.6) is 0 Å². The largest absolute Gasteiger partial charge is 0.338 e. The van der Waals surface area contributed by atoms with E-state index in [1.165, 1.54) is 16.4 Å². The van der Waals surface area contributed by atoms with Crippen molar-refractivity contribution in [3.63, 3.8) is 0 Å². The highest BCUT2D eigenvalue weighted by molar-refractivity contribution is 7.89. The first kappa shape index (κ1) is 22.3. The normalized spacial score (nSPS) is 15.4. The van der Waals surface area contributed by atoms with Crippen LogP contribution < -0.4 is 5.32 Å². The molecule has 5 rings (SSSR count). The van der Waals surface area contributed by atoms with Gasteiger partial charge in [0.05, 0.1) is 15.9 Å². The number of H-pyrrole nitrogens is 1. The third kappa shape index (κ3) is 4.45. The van der Waals surface area contributed by atoms with Crippen molar-refractivity contribution in [2.24, 2.45) is 0 Å². The predicted molar refractivity (Wildman–Crippen MR) is 132 cm³/mol. The first-order valence-corrected chi connectivity index (χ1v) is 12.5. The molecule has 1 aromatic heterocycles. The van der Waals surface area contributed by atoms with E-state index in [0.717, 1.165) is 22.4 Å². The monoisotopic (exact) mass is 475 g/mol. The van der Waals surface area contributed by atoms with Crippen molar-refractivity contribution in [3.8, 4) is 11.4 Å². The van der Waals surface area contributed by atoms with Gasteiger partial charge < -0.3 is 15.2 Å². The van der Waals surface area contributed by atoms with Gasteiger partial charge in [-0.2, -0.15) is 4.31 Å². The fourth-order valence-electron chi connectivity index (χ4n) is 3.98. The summed E-state index contributed by atoms with van der Waals surface area (Å²) in [6.45, 7) is 2.24. The summed E-state index contributed by atoms with van der Waals surface area (Å²) in [6, 6.07) is 21.3. The first-order chi connectivity index (χ1) is 16.4. The fraction of sp³-hybridized carbons (Fsp3) is 0.200. The molecule has 34 heavy (non-hydrogen) atoms. The molecule has 0 unspecified atom stereocenters. The smallest absolute Gasteiger partial charge is 0.255 e. The number of para-hydroxylation sites is 2. The summed E-state index contributed by atoms with van der Waals surface area (Å²) in [5.41, 5.74) is 3.64. The number of amides is 1. The standard InChI is InChI=1S/C25H25N5O3S/c1-29-13-15-30(16-14-29)34(32,33)21-6-4-5-19(17-21)25(31)26-20-11-9-18(10-12-20)24-27-22-7-2-3-8-23(22)28-24/h2-12,17H,13-16H2,1H3,(H,26,31)(H,27,28). The lowest BCUT2D eigenvalue weighted by atomic mass is 10.1. The lowest BCUT2D eigenvalue weighted by Crippen LogP contribution is -2.47. The summed E-state index contributed by atoms with van der Waals surface area (Å²) in [7, 11) is -1.68. The minimum Gasteiger partial charge on any atom is -0.338 e. The van der Waals surface area contributed by atoms with Gasteiger partial charge in [0.2, 0.25) is 10.0 Å². The molecule has 3 aromatic carbocycles. The van der Waals surface area contributed by atoms with Gasteiger partial charge in [-0.15, -0.1) is 0 Å². The zero-order chi connectivity index (χ0) is 23.7. The molecule has 1 aliphatic heterocycles. The molecule has 0 atom stereocenters. The Kier molecular flexibility index (Phi) is 5.91. The number of imidazole rings is 1. The van der Waals surface area contributed by atoms with Crippen LogP contribution in [-0.2, 0) is 10.0 Å². The van der Waals surface area contributed by atoms with Gasteiger partial charge in [0, 0.05) is 43.0 Å². The molecule has 1 fully saturated rings. The van der Waals surface area contributed by atoms with Crippen molar-refractivity contribution in [2.45, 2.75) is 4.90 Å². The number of fused-ring (bicyclic) bond motifs is 1. The third-order valence-electron chi connectivity index (χ3n) is 6.00. The number of carbonyl (C=O) groups is 1. The van der Waals surface area contributed by atoms with Gasteiger partial charge in [-0.1, -0.05) is 18.2 Å². The van der Waals surface area contributed by atoms with Crippen LogP contribution in [0.4, 0.5) is 5.69 Å². The maximum Gasteiger partial charge on any atom is 0.255 e. The fourth-order valence-corrected chi connectivity index (χ4v) is 5.45. The Hall–Kier alpha value is -3.53. The number of hydrogen-bond donors (Lipinski definition) is 2.